The Kier molecular flexibility index (Phi) is 7.53. The summed E-state index contributed by atoms with van der Waals surface area (Å²) < 4.78 is 9.72. The van der Waals surface area contributed by atoms with Crippen molar-refractivity contribution in [1.82, 2.24) is 0 Å². The molecular formula is C19H19NO7S. The maximum Gasteiger partial charge on any atom is 0.336 e. The maximum atomic E-state index is 11.9. The van der Waals surface area contributed by atoms with Crippen LogP contribution in [0.3, 0.4) is 0 Å². The van der Waals surface area contributed by atoms with Crippen LogP contribution in [0, 0.1) is 10.1 Å². The first-order valence-electron chi connectivity index (χ1n) is 8.34. The van der Waals surface area contributed by atoms with Crippen LogP contribution in [-0.2, 0) is 14.3 Å². The second-order valence-corrected chi connectivity index (χ2v) is 6.81. The van der Waals surface area contributed by atoms with Gasteiger partial charge in [-0.3, -0.25) is 14.9 Å². The summed E-state index contributed by atoms with van der Waals surface area (Å²) in [7, 11) is 1.14. The number of carbonyl (C=O) groups is 2. The molecule has 2 aromatic carbocycles. The second kappa shape index (κ2) is 9.86. The second-order valence-electron chi connectivity index (χ2n) is 5.63. The van der Waals surface area contributed by atoms with Gasteiger partial charge in [-0.15, -0.1) is 11.8 Å². The van der Waals surface area contributed by atoms with E-state index in [4.69, 9.17) is 4.74 Å². The lowest BCUT2D eigenvalue weighted by molar-refractivity contribution is -0.387. The number of ether oxygens (including phenoxy) is 2. The first kappa shape index (κ1) is 21.4. The van der Waals surface area contributed by atoms with Crippen molar-refractivity contribution in [1.29, 1.82) is 0 Å². The molecule has 0 aliphatic carbocycles. The van der Waals surface area contributed by atoms with Gasteiger partial charge in [-0.05, 0) is 23.8 Å². The lowest BCUT2D eigenvalue weighted by atomic mass is 10.1. The van der Waals surface area contributed by atoms with Crippen LogP contribution < -0.4 is 4.74 Å². The van der Waals surface area contributed by atoms with E-state index in [9.17, 15) is 24.8 Å². The van der Waals surface area contributed by atoms with Crippen molar-refractivity contribution in [2.24, 2.45) is 0 Å². The third kappa shape index (κ3) is 5.30. The molecule has 0 saturated carbocycles. The topological polar surface area (TPSA) is 116 Å². The van der Waals surface area contributed by atoms with Crippen molar-refractivity contribution in [3.8, 4) is 5.75 Å². The van der Waals surface area contributed by atoms with Crippen LogP contribution in [-0.4, -0.2) is 35.2 Å². The lowest BCUT2D eigenvalue weighted by Crippen LogP contribution is -2.27. The summed E-state index contributed by atoms with van der Waals surface area (Å²) in [5.41, 5.74) is 0.375. The fraction of sp³-hybridized carbons (Fsp3) is 0.263. The molecule has 9 heteroatoms. The highest BCUT2D eigenvalue weighted by atomic mass is 32.2. The van der Waals surface area contributed by atoms with E-state index >= 15 is 0 Å². The summed E-state index contributed by atoms with van der Waals surface area (Å²) in [6.45, 7) is 1.67. The summed E-state index contributed by atoms with van der Waals surface area (Å²) in [4.78, 5) is 34.3. The molecule has 28 heavy (non-hydrogen) atoms. The molecule has 0 heterocycles. The van der Waals surface area contributed by atoms with Gasteiger partial charge in [0.05, 0.1) is 22.2 Å². The van der Waals surface area contributed by atoms with E-state index in [-0.39, 0.29) is 12.1 Å². The highest BCUT2D eigenvalue weighted by Gasteiger charge is 2.31. The zero-order chi connectivity index (χ0) is 20.7. The number of para-hydroxylation sites is 1. The average Bonchev–Trinajstić information content (AvgIpc) is 2.71. The van der Waals surface area contributed by atoms with Crippen molar-refractivity contribution in [3.63, 3.8) is 0 Å². The molecule has 148 valence electrons. The van der Waals surface area contributed by atoms with Crippen LogP contribution >= 0.6 is 11.8 Å². The van der Waals surface area contributed by atoms with Gasteiger partial charge in [0.1, 0.15) is 5.75 Å². The Labute approximate surface area is 165 Å². The van der Waals surface area contributed by atoms with Gasteiger partial charge in [-0.2, -0.15) is 0 Å². The number of nitro groups is 1. The quantitative estimate of drug-likeness (QED) is 0.234. The smallest absolute Gasteiger partial charge is 0.336 e. The van der Waals surface area contributed by atoms with Crippen molar-refractivity contribution in [2.45, 2.75) is 29.6 Å². The number of nitro benzene ring substituents is 1. The third-order valence-electron chi connectivity index (χ3n) is 3.77. The Morgan fingerprint density at radius 2 is 1.82 bits per heavy atom. The molecular weight excluding hydrogens is 386 g/mol. The number of hydrogen-bond donors (Lipinski definition) is 1. The summed E-state index contributed by atoms with van der Waals surface area (Å²) in [5.74, 6) is -0.941. The summed E-state index contributed by atoms with van der Waals surface area (Å²) in [5, 5.41) is 20.8. The number of esters is 2. The molecule has 2 rings (SSSR count). The van der Waals surface area contributed by atoms with Crippen LogP contribution in [0.2, 0.25) is 0 Å². The number of nitrogens with zero attached hydrogens (tertiary/aromatic N) is 1. The molecule has 0 aromatic heterocycles. The number of rotatable bonds is 8. The molecule has 0 aliphatic rings. The van der Waals surface area contributed by atoms with Crippen molar-refractivity contribution in [2.75, 3.05) is 7.11 Å². The highest BCUT2D eigenvalue weighted by Crippen LogP contribution is 2.42. The minimum Gasteiger partial charge on any atom is -0.467 e. The van der Waals surface area contributed by atoms with Gasteiger partial charge >= 0.3 is 11.9 Å². The third-order valence-corrected chi connectivity index (χ3v) is 5.16. The van der Waals surface area contributed by atoms with Crippen molar-refractivity contribution >= 4 is 29.4 Å². The zero-order valence-electron chi connectivity index (χ0n) is 15.2. The monoisotopic (exact) mass is 405 g/mol. The minimum atomic E-state index is -1.56. The molecule has 0 spiro atoms. The standard InChI is InChI=1S/C19H19NO7S/c1-3-16(21)27-13-10-8-12(9-11-13)18(17(22)19(23)26-2)28-15-7-5-4-6-14(15)20(24)25/h4-11,17-18,22H,3H2,1-2H3. The number of aliphatic hydroxyl groups excluding tert-OH is 1. The summed E-state index contributed by atoms with van der Waals surface area (Å²) in [6, 6.07) is 12.3. The normalized spacial score (nSPS) is 12.7. The van der Waals surface area contributed by atoms with E-state index in [2.05, 4.69) is 4.74 Å². The molecule has 1 N–H and O–H groups in total. The molecule has 0 amide bonds. The van der Waals surface area contributed by atoms with Crippen LogP contribution in [0.1, 0.15) is 24.2 Å². The SMILES string of the molecule is CCC(=O)Oc1ccc(C(Sc2ccccc2[N+](=O)[O-])C(O)C(=O)OC)cc1. The molecule has 0 radical (unpaired) electrons. The van der Waals surface area contributed by atoms with Crippen LogP contribution in [0.5, 0.6) is 5.75 Å². The highest BCUT2D eigenvalue weighted by molar-refractivity contribution is 7.99. The molecule has 2 atom stereocenters. The number of aliphatic hydroxyl groups is 1. The molecule has 2 aromatic rings. The minimum absolute atomic E-state index is 0.136. The van der Waals surface area contributed by atoms with Gasteiger partial charge in [0.2, 0.25) is 0 Å². The van der Waals surface area contributed by atoms with Crippen molar-refractivity contribution in [3.05, 3.63) is 64.2 Å². The summed E-state index contributed by atoms with van der Waals surface area (Å²) >= 11 is 0.973. The number of benzene rings is 2. The first-order chi connectivity index (χ1) is 13.4. The number of methoxy groups -OCH3 is 1. The Bertz CT molecular complexity index is 854. The first-order valence-corrected chi connectivity index (χ1v) is 9.22. The molecule has 8 nitrogen and oxygen atoms in total. The van der Waals surface area contributed by atoms with E-state index in [1.54, 1.807) is 25.1 Å². The van der Waals surface area contributed by atoms with Gasteiger partial charge in [0.15, 0.2) is 6.10 Å². The molecule has 0 fully saturated rings. The Balaban J connectivity index is 2.36. The molecule has 0 bridgehead atoms. The van der Waals surface area contributed by atoms with E-state index in [0.717, 1.165) is 18.9 Å². The van der Waals surface area contributed by atoms with Crippen LogP contribution in [0.4, 0.5) is 5.69 Å². The van der Waals surface area contributed by atoms with E-state index in [1.165, 1.54) is 30.3 Å². The zero-order valence-corrected chi connectivity index (χ0v) is 16.0. The summed E-state index contributed by atoms with van der Waals surface area (Å²) in [6.07, 6.45) is -1.34. The number of thioether (sulfide) groups is 1. The lowest BCUT2D eigenvalue weighted by Gasteiger charge is -2.21. The molecule has 0 saturated heterocycles. The maximum absolute atomic E-state index is 11.9. The molecule has 2 unspecified atom stereocenters. The van der Waals surface area contributed by atoms with E-state index < -0.39 is 28.2 Å². The van der Waals surface area contributed by atoms with Gasteiger partial charge in [-0.1, -0.05) is 31.2 Å². The van der Waals surface area contributed by atoms with Crippen LogP contribution in [0.25, 0.3) is 0 Å². The Morgan fingerprint density at radius 1 is 1.18 bits per heavy atom. The molecule has 0 aliphatic heterocycles. The largest absolute Gasteiger partial charge is 0.467 e. The van der Waals surface area contributed by atoms with Gasteiger partial charge in [0, 0.05) is 12.5 Å². The predicted molar refractivity (Wildman–Crippen MR) is 102 cm³/mol. The Morgan fingerprint density at radius 3 is 2.39 bits per heavy atom. The van der Waals surface area contributed by atoms with Crippen LogP contribution in [0.15, 0.2) is 53.4 Å². The van der Waals surface area contributed by atoms with Crippen molar-refractivity contribution < 1.29 is 29.1 Å². The average molecular weight is 405 g/mol. The Hall–Kier alpha value is -2.91. The van der Waals surface area contributed by atoms with Gasteiger partial charge in [-0.25, -0.2) is 4.79 Å². The van der Waals surface area contributed by atoms with E-state index in [0.29, 0.717) is 16.2 Å². The predicted octanol–water partition coefficient (Wildman–Crippen LogP) is 3.28. The number of hydrogen-bond acceptors (Lipinski definition) is 8. The number of carbonyl (C=O) groups excluding carboxylic acids is 2. The fourth-order valence-corrected chi connectivity index (χ4v) is 3.56. The van der Waals surface area contributed by atoms with Gasteiger partial charge < -0.3 is 14.6 Å². The fourth-order valence-electron chi connectivity index (χ4n) is 2.33. The van der Waals surface area contributed by atoms with Gasteiger partial charge in [0.25, 0.3) is 5.69 Å². The van der Waals surface area contributed by atoms with E-state index in [1.807, 2.05) is 0 Å².